The molecule has 0 saturated carbocycles. The topological polar surface area (TPSA) is 44.4 Å². The van der Waals surface area contributed by atoms with E-state index < -0.39 is 0 Å². The lowest BCUT2D eigenvalue weighted by Crippen LogP contribution is -2.49. The van der Waals surface area contributed by atoms with Crippen LogP contribution in [0.2, 0.25) is 0 Å². The van der Waals surface area contributed by atoms with Gasteiger partial charge >= 0.3 is 0 Å². The number of nitrogens with zero attached hydrogens (tertiary/aromatic N) is 1. The fourth-order valence-corrected chi connectivity index (χ4v) is 3.71. The van der Waals surface area contributed by atoms with E-state index >= 15 is 0 Å². The molecular formula is C13H23N3O. The second-order valence-electron chi connectivity index (χ2n) is 6.00. The molecule has 0 radical (unpaired) electrons. The average Bonchev–Trinajstić information content (AvgIpc) is 2.90. The van der Waals surface area contributed by atoms with Crippen LogP contribution in [0.1, 0.15) is 32.1 Å². The van der Waals surface area contributed by atoms with Crippen molar-refractivity contribution in [2.24, 2.45) is 5.92 Å². The van der Waals surface area contributed by atoms with E-state index in [9.17, 15) is 4.79 Å². The first kappa shape index (κ1) is 11.5. The molecule has 4 unspecified atom stereocenters. The Kier molecular flexibility index (Phi) is 3.09. The third-order valence-corrected chi connectivity index (χ3v) is 4.61. The number of nitrogens with one attached hydrogen (secondary N) is 2. The van der Waals surface area contributed by atoms with Crippen LogP contribution in [-0.2, 0) is 4.79 Å². The zero-order chi connectivity index (χ0) is 11.8. The molecule has 2 bridgehead atoms. The van der Waals surface area contributed by atoms with Crippen LogP contribution in [0.25, 0.3) is 0 Å². The summed E-state index contributed by atoms with van der Waals surface area (Å²) in [6.07, 6.45) is 5.85. The van der Waals surface area contributed by atoms with Crippen LogP contribution in [0.3, 0.4) is 0 Å². The third kappa shape index (κ3) is 2.33. The Labute approximate surface area is 103 Å². The van der Waals surface area contributed by atoms with Gasteiger partial charge in [0, 0.05) is 24.7 Å². The zero-order valence-electron chi connectivity index (χ0n) is 10.6. The van der Waals surface area contributed by atoms with Crippen molar-refractivity contribution in [2.75, 3.05) is 20.1 Å². The lowest BCUT2D eigenvalue weighted by Gasteiger charge is -2.31. The maximum absolute atomic E-state index is 12.2. The van der Waals surface area contributed by atoms with Crippen molar-refractivity contribution in [3.05, 3.63) is 0 Å². The maximum atomic E-state index is 12.2. The van der Waals surface area contributed by atoms with Gasteiger partial charge in [-0.3, -0.25) is 4.79 Å². The van der Waals surface area contributed by atoms with Crippen LogP contribution in [0.5, 0.6) is 0 Å². The number of carbonyl (C=O) groups is 1. The van der Waals surface area contributed by atoms with Crippen LogP contribution < -0.4 is 10.6 Å². The van der Waals surface area contributed by atoms with Gasteiger partial charge in [0.2, 0.25) is 5.91 Å². The summed E-state index contributed by atoms with van der Waals surface area (Å²) < 4.78 is 0. The van der Waals surface area contributed by atoms with Gasteiger partial charge < -0.3 is 15.5 Å². The summed E-state index contributed by atoms with van der Waals surface area (Å²) in [4.78, 5) is 14.6. The minimum absolute atomic E-state index is 0.237. The van der Waals surface area contributed by atoms with Crippen LogP contribution in [-0.4, -0.2) is 49.1 Å². The molecule has 0 aromatic rings. The van der Waals surface area contributed by atoms with Gasteiger partial charge in [-0.1, -0.05) is 0 Å². The fourth-order valence-electron chi connectivity index (χ4n) is 3.71. The second kappa shape index (κ2) is 4.58. The van der Waals surface area contributed by atoms with Crippen molar-refractivity contribution in [1.82, 2.24) is 15.5 Å². The van der Waals surface area contributed by atoms with Crippen molar-refractivity contribution in [1.29, 1.82) is 0 Å². The minimum Gasteiger partial charge on any atom is -0.352 e. The number of likely N-dealkylation sites (tertiary alicyclic amines) is 1. The molecule has 3 aliphatic rings. The SMILES string of the molecule is CN1CCCC(NC(=O)C2CC3CCC2N3)C1. The van der Waals surface area contributed by atoms with Crippen LogP contribution in [0.4, 0.5) is 0 Å². The summed E-state index contributed by atoms with van der Waals surface area (Å²) >= 11 is 0. The van der Waals surface area contributed by atoms with E-state index in [2.05, 4.69) is 22.6 Å². The van der Waals surface area contributed by atoms with E-state index in [4.69, 9.17) is 0 Å². The lowest BCUT2D eigenvalue weighted by molar-refractivity contribution is -0.126. The first-order valence-electron chi connectivity index (χ1n) is 6.97. The molecule has 3 saturated heterocycles. The molecule has 4 heteroatoms. The molecular weight excluding hydrogens is 214 g/mol. The molecule has 96 valence electrons. The Morgan fingerprint density at radius 2 is 2.24 bits per heavy atom. The maximum Gasteiger partial charge on any atom is 0.225 e. The molecule has 0 aromatic heterocycles. The zero-order valence-corrected chi connectivity index (χ0v) is 10.6. The standard InChI is InChI=1S/C13H23N3O/c1-16-6-2-3-10(8-16)15-13(17)11-7-9-4-5-12(11)14-9/h9-12,14H,2-8H2,1H3,(H,15,17). The van der Waals surface area contributed by atoms with Crippen molar-refractivity contribution >= 4 is 5.91 Å². The number of fused-ring (bicyclic) bond motifs is 2. The highest BCUT2D eigenvalue weighted by Gasteiger charge is 2.43. The molecule has 17 heavy (non-hydrogen) atoms. The molecule has 3 fully saturated rings. The summed E-state index contributed by atoms with van der Waals surface area (Å²) in [6.45, 7) is 2.18. The molecule has 0 spiro atoms. The van der Waals surface area contributed by atoms with Gasteiger partial charge in [0.05, 0.1) is 5.92 Å². The van der Waals surface area contributed by atoms with Gasteiger partial charge in [-0.15, -0.1) is 0 Å². The fraction of sp³-hybridized carbons (Fsp3) is 0.923. The Bertz CT molecular complexity index is 307. The monoisotopic (exact) mass is 237 g/mol. The van der Waals surface area contributed by atoms with Crippen LogP contribution >= 0.6 is 0 Å². The highest BCUT2D eigenvalue weighted by molar-refractivity contribution is 5.80. The number of amides is 1. The average molecular weight is 237 g/mol. The highest BCUT2D eigenvalue weighted by Crippen LogP contribution is 2.33. The first-order valence-corrected chi connectivity index (χ1v) is 6.97. The van der Waals surface area contributed by atoms with Gasteiger partial charge in [-0.2, -0.15) is 0 Å². The number of likely N-dealkylation sites (N-methyl/N-ethyl adjacent to an activating group) is 1. The van der Waals surface area contributed by atoms with Crippen molar-refractivity contribution in [3.8, 4) is 0 Å². The van der Waals surface area contributed by atoms with E-state index in [1.165, 1.54) is 25.8 Å². The van der Waals surface area contributed by atoms with Gasteiger partial charge in [-0.25, -0.2) is 0 Å². The van der Waals surface area contributed by atoms with E-state index in [0.717, 1.165) is 19.4 Å². The molecule has 3 heterocycles. The number of rotatable bonds is 2. The smallest absolute Gasteiger partial charge is 0.225 e. The number of hydrogen-bond acceptors (Lipinski definition) is 3. The summed E-state index contributed by atoms with van der Waals surface area (Å²) in [7, 11) is 2.14. The van der Waals surface area contributed by atoms with E-state index in [-0.39, 0.29) is 5.92 Å². The number of hydrogen-bond donors (Lipinski definition) is 2. The Morgan fingerprint density at radius 1 is 1.35 bits per heavy atom. The van der Waals surface area contributed by atoms with E-state index in [1.807, 2.05) is 0 Å². The molecule has 0 aliphatic carbocycles. The largest absolute Gasteiger partial charge is 0.352 e. The number of piperidine rings is 1. The van der Waals surface area contributed by atoms with Gasteiger partial charge in [0.15, 0.2) is 0 Å². The van der Waals surface area contributed by atoms with Crippen LogP contribution in [0, 0.1) is 5.92 Å². The Balaban J connectivity index is 1.53. The Morgan fingerprint density at radius 3 is 2.88 bits per heavy atom. The minimum atomic E-state index is 0.237. The highest BCUT2D eigenvalue weighted by atomic mass is 16.2. The molecule has 4 nitrogen and oxygen atoms in total. The Hall–Kier alpha value is -0.610. The summed E-state index contributed by atoms with van der Waals surface area (Å²) in [5.41, 5.74) is 0. The third-order valence-electron chi connectivity index (χ3n) is 4.61. The second-order valence-corrected chi connectivity index (χ2v) is 6.00. The van der Waals surface area contributed by atoms with Gasteiger partial charge in [0.1, 0.15) is 0 Å². The predicted octanol–water partition coefficient (Wildman–Crippen LogP) is 0.337. The van der Waals surface area contributed by atoms with Gasteiger partial charge in [-0.05, 0) is 45.7 Å². The molecule has 1 amide bonds. The van der Waals surface area contributed by atoms with Gasteiger partial charge in [0.25, 0.3) is 0 Å². The summed E-state index contributed by atoms with van der Waals surface area (Å²) in [5, 5.41) is 6.79. The van der Waals surface area contributed by atoms with E-state index in [1.54, 1.807) is 0 Å². The quantitative estimate of drug-likeness (QED) is 0.728. The molecule has 3 rings (SSSR count). The molecule has 2 N–H and O–H groups in total. The normalized spacial score (nSPS) is 41.7. The number of carbonyl (C=O) groups excluding carboxylic acids is 1. The lowest BCUT2D eigenvalue weighted by atomic mass is 9.88. The van der Waals surface area contributed by atoms with Crippen molar-refractivity contribution in [2.45, 2.75) is 50.2 Å². The summed E-state index contributed by atoms with van der Waals surface area (Å²) in [5.74, 6) is 0.533. The molecule has 4 atom stereocenters. The van der Waals surface area contributed by atoms with Crippen LogP contribution in [0.15, 0.2) is 0 Å². The summed E-state index contributed by atoms with van der Waals surface area (Å²) in [6, 6.07) is 1.45. The molecule has 0 aromatic carbocycles. The predicted molar refractivity (Wildman–Crippen MR) is 66.7 cm³/mol. The first-order chi connectivity index (χ1) is 8.22. The van der Waals surface area contributed by atoms with E-state index in [0.29, 0.717) is 24.0 Å². The molecule has 3 aliphatic heterocycles. The van der Waals surface area contributed by atoms with Crippen molar-refractivity contribution < 1.29 is 4.79 Å². The van der Waals surface area contributed by atoms with Crippen molar-refractivity contribution in [3.63, 3.8) is 0 Å².